The van der Waals surface area contributed by atoms with Crippen molar-refractivity contribution in [3.8, 4) is 0 Å². The largest absolute Gasteiger partial charge is 0.361 e. The summed E-state index contributed by atoms with van der Waals surface area (Å²) < 4.78 is 0. The maximum Gasteiger partial charge on any atom is 0.218 e. The smallest absolute Gasteiger partial charge is 0.218 e. The van der Waals surface area contributed by atoms with Gasteiger partial charge in [0, 0.05) is 6.42 Å². The van der Waals surface area contributed by atoms with Crippen LogP contribution in [0.3, 0.4) is 0 Å². The third-order valence-electron chi connectivity index (χ3n) is 1.02. The third-order valence-corrected chi connectivity index (χ3v) is 1.02. The molecule has 1 unspecified atom stereocenters. The minimum absolute atomic E-state index is 0.278. The summed E-state index contributed by atoms with van der Waals surface area (Å²) in [5, 5.41) is 16.6. The van der Waals surface area contributed by atoms with Crippen LogP contribution in [0.5, 0.6) is 0 Å². The van der Waals surface area contributed by atoms with Crippen LogP contribution in [0.2, 0.25) is 0 Å². The van der Waals surface area contributed by atoms with Crippen LogP contribution in [0.25, 0.3) is 0 Å². The zero-order valence-corrected chi connectivity index (χ0v) is 5.09. The van der Waals surface area contributed by atoms with Gasteiger partial charge in [-0.15, -0.1) is 0 Å². The molecule has 48 valence electrons. The second-order valence-corrected chi connectivity index (χ2v) is 2.01. The van der Waals surface area contributed by atoms with Gasteiger partial charge in [0.05, 0.1) is 0 Å². The molecule has 2 radical (unpaired) electrons. The van der Waals surface area contributed by atoms with Gasteiger partial charge in [-0.1, -0.05) is 20.3 Å². The number of hydrogen-bond acceptors (Lipinski definition) is 2. The van der Waals surface area contributed by atoms with Crippen molar-refractivity contribution in [3.05, 3.63) is 13.2 Å². The molecule has 2 nitrogen and oxygen atoms in total. The molecule has 0 fully saturated rings. The molecule has 0 aliphatic rings. The van der Waals surface area contributed by atoms with Crippen molar-refractivity contribution in [2.24, 2.45) is 5.92 Å². The molecular weight excluding hydrogens is 104 g/mol. The van der Waals surface area contributed by atoms with E-state index in [-0.39, 0.29) is 5.92 Å². The van der Waals surface area contributed by atoms with Gasteiger partial charge in [0.2, 0.25) is 6.29 Å². The predicted octanol–water partition coefficient (Wildman–Crippen LogP) is 1.47. The summed E-state index contributed by atoms with van der Waals surface area (Å²) in [4.78, 5) is 0. The van der Waals surface area contributed by atoms with Gasteiger partial charge in [-0.3, -0.25) is 0 Å². The van der Waals surface area contributed by atoms with Crippen LogP contribution in [0.15, 0.2) is 0 Å². The fraction of sp³-hybridized carbons (Fsp3) is 0.667. The first kappa shape index (κ1) is 7.92. The summed E-state index contributed by atoms with van der Waals surface area (Å²) in [5.41, 5.74) is 0. The predicted molar refractivity (Wildman–Crippen MR) is 30.9 cm³/mol. The maximum atomic E-state index is 8.30. The van der Waals surface area contributed by atoms with E-state index in [2.05, 4.69) is 6.92 Å². The van der Waals surface area contributed by atoms with Crippen molar-refractivity contribution in [3.63, 3.8) is 0 Å². The maximum absolute atomic E-state index is 8.30. The number of hydrogen-bond donors (Lipinski definition) is 2. The molecule has 0 amide bonds. The van der Waals surface area contributed by atoms with Crippen molar-refractivity contribution >= 4 is 0 Å². The number of aliphatic hydroxyl groups is 2. The Morgan fingerprint density at radius 3 is 2.25 bits per heavy atom. The van der Waals surface area contributed by atoms with Crippen molar-refractivity contribution < 1.29 is 10.2 Å². The van der Waals surface area contributed by atoms with E-state index >= 15 is 0 Å². The van der Waals surface area contributed by atoms with E-state index in [0.29, 0.717) is 6.42 Å². The van der Waals surface area contributed by atoms with Crippen molar-refractivity contribution in [2.45, 2.75) is 19.8 Å². The molecule has 0 bridgehead atoms. The summed E-state index contributed by atoms with van der Waals surface area (Å²) in [6, 6.07) is 0. The molecule has 0 saturated heterocycles. The lowest BCUT2D eigenvalue weighted by atomic mass is 10.1. The van der Waals surface area contributed by atoms with Crippen LogP contribution in [-0.4, -0.2) is 10.2 Å². The summed E-state index contributed by atoms with van der Waals surface area (Å²) in [6.45, 7) is 5.52. The van der Waals surface area contributed by atoms with Gasteiger partial charge in [0.15, 0.2) is 0 Å². The molecule has 2 N–H and O–H groups in total. The second-order valence-electron chi connectivity index (χ2n) is 2.01. The second kappa shape index (κ2) is 3.87. The first-order valence-corrected chi connectivity index (χ1v) is 2.69. The van der Waals surface area contributed by atoms with E-state index < -0.39 is 6.29 Å². The Morgan fingerprint density at radius 2 is 2.12 bits per heavy atom. The van der Waals surface area contributed by atoms with Crippen LogP contribution in [0, 0.1) is 19.1 Å². The Hall–Kier alpha value is -0.0800. The van der Waals surface area contributed by atoms with Gasteiger partial charge < -0.3 is 10.2 Å². The van der Waals surface area contributed by atoms with Gasteiger partial charge in [-0.2, -0.15) is 0 Å². The lowest BCUT2D eigenvalue weighted by Gasteiger charge is -2.06. The quantitative estimate of drug-likeness (QED) is 0.586. The Labute approximate surface area is 50.2 Å². The summed E-state index contributed by atoms with van der Waals surface area (Å²) in [7, 11) is 0. The average Bonchev–Trinajstić information content (AvgIpc) is 1.65. The lowest BCUT2D eigenvalue weighted by Crippen LogP contribution is -2.00. The molecule has 0 saturated carbocycles. The standard InChI is InChI=1S/C6H12O2/c1-3-5(2)4-6(7)8/h5,7-8H,1,3-4H2,2H3. The highest BCUT2D eigenvalue weighted by Crippen LogP contribution is 2.10. The van der Waals surface area contributed by atoms with Crippen LogP contribution in [0.1, 0.15) is 19.8 Å². The van der Waals surface area contributed by atoms with Crippen LogP contribution in [-0.2, 0) is 0 Å². The minimum atomic E-state index is -0.485. The van der Waals surface area contributed by atoms with E-state index in [0.717, 1.165) is 6.42 Å². The highest BCUT2D eigenvalue weighted by molar-refractivity contribution is 4.64. The first-order valence-electron chi connectivity index (χ1n) is 2.69. The fourth-order valence-electron chi connectivity index (χ4n) is 0.414. The summed E-state index contributed by atoms with van der Waals surface area (Å²) >= 11 is 0. The van der Waals surface area contributed by atoms with Crippen LogP contribution >= 0.6 is 0 Å². The average molecular weight is 116 g/mol. The Balaban J connectivity index is 3.10. The zero-order valence-electron chi connectivity index (χ0n) is 5.09. The van der Waals surface area contributed by atoms with Crippen LogP contribution in [0.4, 0.5) is 0 Å². The van der Waals surface area contributed by atoms with Crippen LogP contribution < -0.4 is 0 Å². The molecule has 8 heavy (non-hydrogen) atoms. The molecule has 2 heteroatoms. The molecular formula is C6H12O2. The Morgan fingerprint density at radius 1 is 1.62 bits per heavy atom. The number of aliphatic hydroxyl groups excluding tert-OH is 1. The minimum Gasteiger partial charge on any atom is -0.361 e. The molecule has 0 aliphatic carbocycles. The first-order chi connectivity index (χ1) is 3.66. The molecule has 0 spiro atoms. The monoisotopic (exact) mass is 116 g/mol. The van der Waals surface area contributed by atoms with Crippen molar-refractivity contribution in [1.29, 1.82) is 0 Å². The van der Waals surface area contributed by atoms with E-state index in [4.69, 9.17) is 10.2 Å². The Bertz CT molecular complexity index is 52.5. The van der Waals surface area contributed by atoms with Crippen molar-refractivity contribution in [1.82, 2.24) is 0 Å². The molecule has 0 aromatic rings. The van der Waals surface area contributed by atoms with Gasteiger partial charge >= 0.3 is 0 Å². The summed E-state index contributed by atoms with van der Waals surface area (Å²) in [6.07, 6.45) is 0.606. The molecule has 0 aromatic carbocycles. The molecule has 1 atom stereocenters. The molecule has 0 aliphatic heterocycles. The SMILES string of the molecule is [CH2]CC(C)C[C](O)O. The number of rotatable bonds is 3. The van der Waals surface area contributed by atoms with E-state index in [1.54, 1.807) is 0 Å². The molecule has 0 heterocycles. The third kappa shape index (κ3) is 4.09. The van der Waals surface area contributed by atoms with Gasteiger partial charge in [-0.25, -0.2) is 0 Å². The topological polar surface area (TPSA) is 40.5 Å². The van der Waals surface area contributed by atoms with E-state index in [1.165, 1.54) is 0 Å². The highest BCUT2D eigenvalue weighted by atomic mass is 16.5. The van der Waals surface area contributed by atoms with Gasteiger partial charge in [0.1, 0.15) is 0 Å². The Kier molecular flexibility index (Phi) is 3.83. The highest BCUT2D eigenvalue weighted by Gasteiger charge is 2.04. The van der Waals surface area contributed by atoms with Gasteiger partial charge in [-0.05, 0) is 5.92 Å². The lowest BCUT2D eigenvalue weighted by molar-refractivity contribution is 0.0614. The van der Waals surface area contributed by atoms with Crippen molar-refractivity contribution in [2.75, 3.05) is 0 Å². The van der Waals surface area contributed by atoms with Gasteiger partial charge in [0.25, 0.3) is 0 Å². The normalized spacial score (nSPS) is 14.6. The summed E-state index contributed by atoms with van der Waals surface area (Å²) in [5.74, 6) is 0.278. The molecule has 0 aromatic heterocycles. The van der Waals surface area contributed by atoms with E-state index in [9.17, 15) is 0 Å². The molecule has 0 rings (SSSR count). The zero-order chi connectivity index (χ0) is 6.57. The fourth-order valence-corrected chi connectivity index (χ4v) is 0.414. The van der Waals surface area contributed by atoms with E-state index in [1.807, 2.05) is 6.92 Å².